The van der Waals surface area contributed by atoms with Crippen molar-refractivity contribution in [3.05, 3.63) is 18.2 Å². The normalized spacial score (nSPS) is 10.5. The van der Waals surface area contributed by atoms with Crippen LogP contribution in [0.15, 0.2) is 18.2 Å². The molecule has 1 aromatic carbocycles. The van der Waals surface area contributed by atoms with Gasteiger partial charge in [-0.05, 0) is 26.0 Å². The maximum atomic E-state index is 5.67. The summed E-state index contributed by atoms with van der Waals surface area (Å²) in [7, 11) is 1.60. The molecule has 0 heterocycles. The van der Waals surface area contributed by atoms with E-state index in [1.54, 1.807) is 25.3 Å². The minimum atomic E-state index is 0.214. The van der Waals surface area contributed by atoms with E-state index in [1.807, 2.05) is 13.8 Å². The fourth-order valence-electron chi connectivity index (χ4n) is 1.24. The van der Waals surface area contributed by atoms with Crippen LogP contribution in [0.4, 0.5) is 5.69 Å². The molecule has 0 fully saturated rings. The van der Waals surface area contributed by atoms with Gasteiger partial charge in [-0.2, -0.15) is 0 Å². The number of hydrogen-bond acceptors (Lipinski definition) is 4. The smallest absolute Gasteiger partial charge is 0.163 e. The minimum Gasteiger partial charge on any atom is -0.493 e. The summed E-state index contributed by atoms with van der Waals surface area (Å²) in [5, 5.41) is 0. The van der Waals surface area contributed by atoms with E-state index in [0.717, 1.165) is 0 Å². The number of anilines is 1. The maximum Gasteiger partial charge on any atom is 0.163 e. The number of nitrogen functional groups attached to an aromatic ring is 1. The summed E-state index contributed by atoms with van der Waals surface area (Å²) in [6, 6.07) is 5.30. The highest BCUT2D eigenvalue weighted by Crippen LogP contribution is 2.28. The SMILES string of the molecule is COc1ccc(N)cc1OCCOC(C)C. The van der Waals surface area contributed by atoms with Crippen molar-refractivity contribution in [3.63, 3.8) is 0 Å². The molecular formula is C12H19NO3. The van der Waals surface area contributed by atoms with Crippen LogP contribution in [0.2, 0.25) is 0 Å². The Labute approximate surface area is 96.3 Å². The van der Waals surface area contributed by atoms with Gasteiger partial charge in [0.2, 0.25) is 0 Å². The summed E-state index contributed by atoms with van der Waals surface area (Å²) in [5.74, 6) is 1.33. The molecule has 2 N–H and O–H groups in total. The molecular weight excluding hydrogens is 206 g/mol. The zero-order chi connectivity index (χ0) is 12.0. The average Bonchev–Trinajstić information content (AvgIpc) is 2.24. The summed E-state index contributed by atoms with van der Waals surface area (Å²) < 4.78 is 16.1. The van der Waals surface area contributed by atoms with Gasteiger partial charge in [0.25, 0.3) is 0 Å². The van der Waals surface area contributed by atoms with E-state index in [1.165, 1.54) is 0 Å². The second-order valence-corrected chi connectivity index (χ2v) is 3.68. The van der Waals surface area contributed by atoms with Crippen molar-refractivity contribution < 1.29 is 14.2 Å². The van der Waals surface area contributed by atoms with Crippen LogP contribution < -0.4 is 15.2 Å². The second kappa shape index (κ2) is 6.23. The molecule has 90 valence electrons. The molecule has 0 aliphatic rings. The Balaban J connectivity index is 2.48. The fourth-order valence-corrected chi connectivity index (χ4v) is 1.24. The Kier molecular flexibility index (Phi) is 4.92. The monoisotopic (exact) mass is 225 g/mol. The van der Waals surface area contributed by atoms with Crippen molar-refractivity contribution >= 4 is 5.69 Å². The van der Waals surface area contributed by atoms with Crippen molar-refractivity contribution in [2.45, 2.75) is 20.0 Å². The molecule has 0 aliphatic heterocycles. The van der Waals surface area contributed by atoms with Gasteiger partial charge in [-0.3, -0.25) is 0 Å². The van der Waals surface area contributed by atoms with Crippen molar-refractivity contribution in [1.29, 1.82) is 0 Å². The predicted octanol–water partition coefficient (Wildman–Crippen LogP) is 2.08. The third kappa shape index (κ3) is 3.98. The highest BCUT2D eigenvalue weighted by atomic mass is 16.5. The van der Waals surface area contributed by atoms with Crippen LogP contribution in [0.1, 0.15) is 13.8 Å². The lowest BCUT2D eigenvalue weighted by Crippen LogP contribution is -2.11. The molecule has 0 saturated carbocycles. The van der Waals surface area contributed by atoms with Crippen molar-refractivity contribution in [3.8, 4) is 11.5 Å². The fraction of sp³-hybridized carbons (Fsp3) is 0.500. The molecule has 0 aliphatic carbocycles. The number of rotatable bonds is 6. The summed E-state index contributed by atoms with van der Waals surface area (Å²) in [6.07, 6.45) is 0.214. The van der Waals surface area contributed by atoms with E-state index in [-0.39, 0.29) is 6.10 Å². The molecule has 1 aromatic rings. The van der Waals surface area contributed by atoms with Crippen molar-refractivity contribution in [1.82, 2.24) is 0 Å². The van der Waals surface area contributed by atoms with Crippen LogP contribution in [0.25, 0.3) is 0 Å². The highest BCUT2D eigenvalue weighted by molar-refractivity contribution is 5.51. The molecule has 16 heavy (non-hydrogen) atoms. The van der Waals surface area contributed by atoms with Gasteiger partial charge in [0.05, 0.1) is 19.8 Å². The first kappa shape index (κ1) is 12.6. The number of ether oxygens (including phenoxy) is 3. The summed E-state index contributed by atoms with van der Waals surface area (Å²) >= 11 is 0. The van der Waals surface area contributed by atoms with E-state index in [9.17, 15) is 0 Å². The summed E-state index contributed by atoms with van der Waals surface area (Å²) in [4.78, 5) is 0. The first-order valence-corrected chi connectivity index (χ1v) is 5.31. The van der Waals surface area contributed by atoms with Crippen molar-refractivity contribution in [2.24, 2.45) is 0 Å². The largest absolute Gasteiger partial charge is 0.493 e. The molecule has 1 rings (SSSR count). The maximum absolute atomic E-state index is 5.67. The van der Waals surface area contributed by atoms with Gasteiger partial charge < -0.3 is 19.9 Å². The molecule has 4 heteroatoms. The highest BCUT2D eigenvalue weighted by Gasteiger charge is 2.04. The van der Waals surface area contributed by atoms with Crippen LogP contribution in [0.5, 0.6) is 11.5 Å². The molecule has 0 bridgehead atoms. The minimum absolute atomic E-state index is 0.214. The van der Waals surface area contributed by atoms with E-state index in [4.69, 9.17) is 19.9 Å². The number of hydrogen-bond donors (Lipinski definition) is 1. The first-order chi connectivity index (χ1) is 7.63. The zero-order valence-electron chi connectivity index (χ0n) is 10.0. The molecule has 4 nitrogen and oxygen atoms in total. The van der Waals surface area contributed by atoms with Crippen LogP contribution >= 0.6 is 0 Å². The quantitative estimate of drug-likeness (QED) is 0.595. The predicted molar refractivity (Wildman–Crippen MR) is 64.0 cm³/mol. The topological polar surface area (TPSA) is 53.7 Å². The van der Waals surface area contributed by atoms with Crippen LogP contribution in [-0.4, -0.2) is 26.4 Å². The zero-order valence-corrected chi connectivity index (χ0v) is 10.0. The number of nitrogens with two attached hydrogens (primary N) is 1. The van der Waals surface area contributed by atoms with E-state index in [2.05, 4.69) is 0 Å². The first-order valence-electron chi connectivity index (χ1n) is 5.31. The molecule has 0 unspecified atom stereocenters. The number of benzene rings is 1. The van der Waals surface area contributed by atoms with Gasteiger partial charge in [-0.25, -0.2) is 0 Å². The standard InChI is InChI=1S/C12H19NO3/c1-9(2)15-6-7-16-12-8-10(13)4-5-11(12)14-3/h4-5,8-9H,6-7,13H2,1-3H3. The third-order valence-corrected chi connectivity index (χ3v) is 1.98. The van der Waals surface area contributed by atoms with Gasteiger partial charge >= 0.3 is 0 Å². The Bertz CT molecular complexity index is 326. The Morgan fingerprint density at radius 2 is 1.94 bits per heavy atom. The molecule has 0 atom stereocenters. The summed E-state index contributed by atoms with van der Waals surface area (Å²) in [6.45, 7) is 5.01. The Hall–Kier alpha value is -1.42. The van der Waals surface area contributed by atoms with E-state index in [0.29, 0.717) is 30.4 Å². The number of methoxy groups -OCH3 is 1. The van der Waals surface area contributed by atoms with E-state index >= 15 is 0 Å². The molecule has 0 amide bonds. The van der Waals surface area contributed by atoms with Gasteiger partial charge in [-0.15, -0.1) is 0 Å². The Morgan fingerprint density at radius 3 is 2.56 bits per heavy atom. The van der Waals surface area contributed by atoms with Crippen molar-refractivity contribution in [2.75, 3.05) is 26.1 Å². The lowest BCUT2D eigenvalue weighted by molar-refractivity contribution is 0.0547. The second-order valence-electron chi connectivity index (χ2n) is 3.68. The summed E-state index contributed by atoms with van der Waals surface area (Å²) in [5.41, 5.74) is 6.32. The molecule has 0 spiro atoms. The van der Waals surface area contributed by atoms with Crippen LogP contribution in [0, 0.1) is 0 Å². The third-order valence-electron chi connectivity index (χ3n) is 1.98. The van der Waals surface area contributed by atoms with Gasteiger partial charge in [-0.1, -0.05) is 0 Å². The van der Waals surface area contributed by atoms with Crippen LogP contribution in [0.3, 0.4) is 0 Å². The van der Waals surface area contributed by atoms with E-state index < -0.39 is 0 Å². The molecule has 0 saturated heterocycles. The van der Waals surface area contributed by atoms with Gasteiger partial charge in [0.15, 0.2) is 11.5 Å². The lowest BCUT2D eigenvalue weighted by Gasteiger charge is -2.12. The lowest BCUT2D eigenvalue weighted by atomic mass is 10.3. The molecule has 0 aromatic heterocycles. The molecule has 0 radical (unpaired) electrons. The Morgan fingerprint density at radius 1 is 1.19 bits per heavy atom. The van der Waals surface area contributed by atoms with Crippen LogP contribution in [-0.2, 0) is 4.74 Å². The van der Waals surface area contributed by atoms with Gasteiger partial charge in [0.1, 0.15) is 6.61 Å². The average molecular weight is 225 g/mol. The van der Waals surface area contributed by atoms with Gasteiger partial charge in [0, 0.05) is 11.8 Å².